The molecule has 2 aliphatic heterocycles. The van der Waals surface area contributed by atoms with Gasteiger partial charge in [0.2, 0.25) is 0 Å². The zero-order valence-corrected chi connectivity index (χ0v) is 35.8. The van der Waals surface area contributed by atoms with Crippen molar-refractivity contribution in [1.29, 1.82) is 0 Å². The number of likely N-dealkylation sites (tertiary alicyclic amines) is 1. The molecule has 2 rings (SSSR count). The van der Waals surface area contributed by atoms with Crippen molar-refractivity contribution < 1.29 is 47.7 Å². The fourth-order valence-electron chi connectivity index (χ4n) is 6.36. The van der Waals surface area contributed by atoms with E-state index < -0.39 is 82.2 Å². The van der Waals surface area contributed by atoms with Gasteiger partial charge in [-0.25, -0.2) is 0 Å². The van der Waals surface area contributed by atoms with Crippen molar-refractivity contribution in [3.8, 4) is 0 Å². The average molecular weight is 764 g/mol. The highest BCUT2D eigenvalue weighted by molar-refractivity contribution is 5.88. The van der Waals surface area contributed by atoms with Crippen LogP contribution >= 0.6 is 0 Å². The highest BCUT2D eigenvalue weighted by atomic mass is 16.7. The van der Waals surface area contributed by atoms with Crippen LogP contribution in [0.3, 0.4) is 0 Å². The second kappa shape index (κ2) is 19.9. The lowest BCUT2D eigenvalue weighted by Gasteiger charge is -2.50. The molecule has 0 aromatic rings. The number of rotatable bonds is 17. The second-order valence-electron chi connectivity index (χ2n) is 19.3. The Morgan fingerprint density at radius 1 is 0.667 bits per heavy atom. The van der Waals surface area contributed by atoms with Crippen LogP contribution in [-0.4, -0.2) is 83.9 Å². The van der Waals surface area contributed by atoms with E-state index in [2.05, 4.69) is 13.5 Å². The number of esters is 4. The van der Waals surface area contributed by atoms with E-state index in [1.807, 2.05) is 4.90 Å². The number of hydrogen-bond donors (Lipinski definition) is 0. The summed E-state index contributed by atoms with van der Waals surface area (Å²) in [5.41, 5.74) is -3.81. The molecule has 11 nitrogen and oxygen atoms in total. The summed E-state index contributed by atoms with van der Waals surface area (Å²) in [4.78, 5) is 69.7. The van der Waals surface area contributed by atoms with Crippen LogP contribution in [0, 0.1) is 21.7 Å². The Bertz CT molecular complexity index is 1280. The molecular formula is C43H73NO10. The molecule has 0 amide bonds. The molecule has 0 unspecified atom stereocenters. The molecule has 54 heavy (non-hydrogen) atoms. The van der Waals surface area contributed by atoms with Crippen molar-refractivity contribution in [3.05, 3.63) is 12.7 Å². The van der Waals surface area contributed by atoms with E-state index >= 15 is 0 Å². The lowest BCUT2D eigenvalue weighted by molar-refractivity contribution is -0.287. The van der Waals surface area contributed by atoms with Crippen LogP contribution in [0.4, 0.5) is 0 Å². The number of carbonyl (C=O) groups is 5. The molecule has 0 bridgehead atoms. The van der Waals surface area contributed by atoms with Crippen LogP contribution in [-0.2, 0) is 47.7 Å². The van der Waals surface area contributed by atoms with Gasteiger partial charge in [0.05, 0.1) is 27.7 Å². The molecule has 0 aromatic carbocycles. The maximum absolute atomic E-state index is 13.8. The van der Waals surface area contributed by atoms with Gasteiger partial charge in [-0.15, -0.1) is 6.58 Å². The zero-order valence-electron chi connectivity index (χ0n) is 35.8. The first-order valence-corrected chi connectivity index (χ1v) is 20.2. The van der Waals surface area contributed by atoms with E-state index in [1.54, 1.807) is 89.2 Å². The minimum Gasteiger partial charge on any atom is -0.462 e. The molecule has 2 fully saturated rings. The quantitative estimate of drug-likeness (QED) is 0.0613. The molecule has 11 heteroatoms. The molecule has 0 aromatic heterocycles. The Balaban J connectivity index is 2.68. The largest absolute Gasteiger partial charge is 0.462 e. The number of Topliss-reactive ketones (excluding diaryl/α,β-unsaturated/α-hetero) is 1. The molecule has 2 aliphatic rings. The highest BCUT2D eigenvalue weighted by Crippen LogP contribution is 2.39. The van der Waals surface area contributed by atoms with Gasteiger partial charge in [0.25, 0.3) is 0 Å². The molecule has 2 heterocycles. The third-order valence-electron chi connectivity index (χ3n) is 9.83. The molecule has 0 saturated carbocycles. The zero-order chi connectivity index (χ0) is 41.2. The number of ketones is 1. The van der Waals surface area contributed by atoms with E-state index in [0.717, 1.165) is 25.7 Å². The smallest absolute Gasteiger partial charge is 0.311 e. The summed E-state index contributed by atoms with van der Waals surface area (Å²) < 4.78 is 31.2. The summed E-state index contributed by atoms with van der Waals surface area (Å²) in [6.45, 7) is 26.2. The fraction of sp³-hybridized carbons (Fsp3) is 0.837. The Morgan fingerprint density at radius 2 is 1.09 bits per heavy atom. The van der Waals surface area contributed by atoms with E-state index in [0.29, 0.717) is 6.42 Å². The molecule has 0 N–H and O–H groups in total. The van der Waals surface area contributed by atoms with Gasteiger partial charge in [0.15, 0.2) is 30.3 Å². The average Bonchev–Trinajstić information content (AvgIpc) is 3.36. The van der Waals surface area contributed by atoms with E-state index in [1.165, 1.54) is 32.1 Å². The number of hydrogen-bond acceptors (Lipinski definition) is 11. The predicted octanol–water partition coefficient (Wildman–Crippen LogP) is 8.29. The van der Waals surface area contributed by atoms with Crippen molar-refractivity contribution in [2.75, 3.05) is 6.61 Å². The monoisotopic (exact) mass is 764 g/mol. The van der Waals surface area contributed by atoms with Crippen molar-refractivity contribution in [2.45, 2.75) is 203 Å². The summed E-state index contributed by atoms with van der Waals surface area (Å²) in [5.74, 6) is -2.43. The van der Waals surface area contributed by atoms with Crippen LogP contribution in [0.5, 0.6) is 0 Å². The van der Waals surface area contributed by atoms with E-state index in [4.69, 9.17) is 23.7 Å². The highest BCUT2D eigenvalue weighted by Gasteiger charge is 2.59. The summed E-state index contributed by atoms with van der Waals surface area (Å²) in [5, 5.41) is 0. The number of carbonyl (C=O) groups excluding carboxylic acids is 5. The molecule has 0 spiro atoms. The van der Waals surface area contributed by atoms with Crippen LogP contribution in [0.15, 0.2) is 12.7 Å². The molecule has 7 atom stereocenters. The minimum absolute atomic E-state index is 0.0596. The van der Waals surface area contributed by atoms with Crippen LogP contribution in [0.2, 0.25) is 0 Å². The van der Waals surface area contributed by atoms with Crippen molar-refractivity contribution >= 4 is 29.7 Å². The van der Waals surface area contributed by atoms with Gasteiger partial charge < -0.3 is 23.7 Å². The summed E-state index contributed by atoms with van der Waals surface area (Å²) in [6, 6.07) is -1.10. The van der Waals surface area contributed by atoms with Crippen LogP contribution < -0.4 is 0 Å². The third-order valence-corrected chi connectivity index (χ3v) is 9.83. The van der Waals surface area contributed by atoms with Gasteiger partial charge in [-0.1, -0.05) is 70.8 Å². The van der Waals surface area contributed by atoms with Crippen LogP contribution in [0.1, 0.15) is 161 Å². The van der Waals surface area contributed by atoms with Crippen molar-refractivity contribution in [3.63, 3.8) is 0 Å². The van der Waals surface area contributed by atoms with Gasteiger partial charge in [-0.3, -0.25) is 28.9 Å². The SMILES string of the molecule is C=C[C@H]1C(=O)C[C@H](CCCCCCCCCCC)N1[C@H]1O[C@@H](COC(=O)C(C)(C)C)[C@H](OC(=O)C(C)(C)C)[C@@H](OC(=O)C(C)(C)C)[C@@H]1OC(=O)C(C)(C)C. The van der Waals surface area contributed by atoms with Crippen molar-refractivity contribution in [1.82, 2.24) is 4.90 Å². The van der Waals surface area contributed by atoms with E-state index in [-0.39, 0.29) is 24.9 Å². The molecule has 0 radical (unpaired) electrons. The topological polar surface area (TPSA) is 135 Å². The Labute approximate surface area is 326 Å². The Hall–Kier alpha value is -2.79. The Kier molecular flexibility index (Phi) is 17.4. The van der Waals surface area contributed by atoms with Gasteiger partial charge in [-0.2, -0.15) is 0 Å². The molecule has 2 saturated heterocycles. The standard InChI is InChI=1S/C43H73NO10/c1-15-17-18-19-20-21-22-23-24-25-28-26-30(45)29(16-2)44(28)35-34(54-39(49)43(12,13)14)33(53-38(48)42(9,10)11)32(52-37(47)41(6,7)8)31(51-35)27-50-36(46)40(3,4)5/h16,28-29,31-35H,2,15,17-27H2,1,3-14H3/t28-,29-,31-,32-,33+,34-,35-/m0/s1. The summed E-state index contributed by atoms with van der Waals surface area (Å²) in [7, 11) is 0. The lowest BCUT2D eigenvalue weighted by atomic mass is 9.91. The maximum atomic E-state index is 13.8. The number of nitrogens with zero attached hydrogens (tertiary/aromatic N) is 1. The van der Waals surface area contributed by atoms with Gasteiger partial charge in [0, 0.05) is 12.5 Å². The Morgan fingerprint density at radius 3 is 1.54 bits per heavy atom. The minimum atomic E-state index is -1.39. The molecule has 0 aliphatic carbocycles. The number of unbranched alkanes of at least 4 members (excludes halogenated alkanes) is 8. The van der Waals surface area contributed by atoms with Crippen LogP contribution in [0.25, 0.3) is 0 Å². The second-order valence-corrected chi connectivity index (χ2v) is 19.3. The lowest BCUT2D eigenvalue weighted by Crippen LogP contribution is -2.68. The van der Waals surface area contributed by atoms with Crippen molar-refractivity contribution in [2.24, 2.45) is 21.7 Å². The third kappa shape index (κ3) is 13.7. The summed E-state index contributed by atoms with van der Waals surface area (Å²) in [6.07, 6.45) is 6.38. The first kappa shape index (κ1) is 47.4. The fourth-order valence-corrected chi connectivity index (χ4v) is 6.36. The maximum Gasteiger partial charge on any atom is 0.311 e. The first-order chi connectivity index (χ1) is 24.8. The normalized spacial score (nSPS) is 25.6. The predicted molar refractivity (Wildman–Crippen MR) is 208 cm³/mol. The van der Waals surface area contributed by atoms with Gasteiger partial charge >= 0.3 is 23.9 Å². The number of ether oxygens (including phenoxy) is 5. The summed E-state index contributed by atoms with van der Waals surface area (Å²) >= 11 is 0. The first-order valence-electron chi connectivity index (χ1n) is 20.2. The van der Waals surface area contributed by atoms with Gasteiger partial charge in [-0.05, 0) is 89.5 Å². The van der Waals surface area contributed by atoms with Gasteiger partial charge in [0.1, 0.15) is 12.7 Å². The molecule has 310 valence electrons. The molecular weight excluding hydrogens is 690 g/mol. The van der Waals surface area contributed by atoms with E-state index in [9.17, 15) is 24.0 Å².